The number of fused-ring (bicyclic) bond motifs is 1. The van der Waals surface area contributed by atoms with Crippen molar-refractivity contribution < 1.29 is 14.3 Å². The second-order valence-electron chi connectivity index (χ2n) is 7.32. The summed E-state index contributed by atoms with van der Waals surface area (Å²) in [5.74, 6) is 0.277. The van der Waals surface area contributed by atoms with Crippen LogP contribution in [0.3, 0.4) is 0 Å². The number of aryl methyl sites for hydroxylation is 2. The fourth-order valence-electron chi connectivity index (χ4n) is 3.53. The number of methoxy groups -OCH3 is 1. The molecular weight excluding hydrogens is 408 g/mol. The Kier molecular flexibility index (Phi) is 6.74. The Morgan fingerprint density at radius 2 is 1.88 bits per heavy atom. The summed E-state index contributed by atoms with van der Waals surface area (Å²) in [6.07, 6.45) is 8.96. The van der Waals surface area contributed by atoms with Crippen LogP contribution in [0.1, 0.15) is 42.1 Å². The lowest BCUT2D eigenvalue weighted by Gasteiger charge is -2.08. The van der Waals surface area contributed by atoms with Gasteiger partial charge in [0.2, 0.25) is 5.88 Å². The molecule has 0 aliphatic rings. The molecular formula is C23H26N6O3. The predicted octanol–water partition coefficient (Wildman–Crippen LogP) is 3.61. The largest absolute Gasteiger partial charge is 0.479 e. The van der Waals surface area contributed by atoms with E-state index < -0.39 is 5.97 Å². The molecule has 9 nitrogen and oxygen atoms in total. The van der Waals surface area contributed by atoms with E-state index in [1.807, 2.05) is 10.7 Å². The van der Waals surface area contributed by atoms with Gasteiger partial charge in [0.05, 0.1) is 31.7 Å². The number of aromatic nitrogens is 6. The molecule has 0 unspecified atom stereocenters. The first-order valence-electron chi connectivity index (χ1n) is 10.7. The fourth-order valence-corrected chi connectivity index (χ4v) is 3.53. The molecule has 0 spiro atoms. The summed E-state index contributed by atoms with van der Waals surface area (Å²) in [6.45, 7) is 2.81. The van der Waals surface area contributed by atoms with E-state index >= 15 is 0 Å². The first-order chi connectivity index (χ1) is 15.7. The lowest BCUT2D eigenvalue weighted by molar-refractivity contribution is 0.0526. The van der Waals surface area contributed by atoms with Crippen molar-refractivity contribution in [1.82, 2.24) is 29.5 Å². The minimum absolute atomic E-state index is 0.297. The normalized spacial score (nSPS) is 11.1. The SMILES string of the molecule is CCOC(=O)c1cnn(-c2nc(OC)c3c(cnn3CCCCCc3ccccc3)n2)c1. The van der Waals surface area contributed by atoms with Crippen LogP contribution in [0.4, 0.5) is 0 Å². The molecule has 4 aromatic rings. The second kappa shape index (κ2) is 10.0. The van der Waals surface area contributed by atoms with Crippen molar-refractivity contribution in [1.29, 1.82) is 0 Å². The molecule has 0 atom stereocenters. The monoisotopic (exact) mass is 434 g/mol. The van der Waals surface area contributed by atoms with Gasteiger partial charge in [-0.3, -0.25) is 4.68 Å². The summed E-state index contributed by atoms with van der Waals surface area (Å²) in [5, 5.41) is 8.66. The summed E-state index contributed by atoms with van der Waals surface area (Å²) >= 11 is 0. The Labute approximate surface area is 186 Å². The lowest BCUT2D eigenvalue weighted by Crippen LogP contribution is -2.07. The minimum atomic E-state index is -0.438. The third kappa shape index (κ3) is 4.77. The molecule has 32 heavy (non-hydrogen) atoms. The number of esters is 1. The van der Waals surface area contributed by atoms with Crippen LogP contribution in [-0.2, 0) is 17.7 Å². The van der Waals surface area contributed by atoms with E-state index in [0.717, 1.165) is 37.7 Å². The molecule has 0 aliphatic heterocycles. The van der Waals surface area contributed by atoms with Crippen LogP contribution in [-0.4, -0.2) is 49.2 Å². The Bertz CT molecular complexity index is 1190. The van der Waals surface area contributed by atoms with E-state index in [-0.39, 0.29) is 0 Å². The fraction of sp³-hybridized carbons (Fsp3) is 0.348. The zero-order valence-corrected chi connectivity index (χ0v) is 18.3. The van der Waals surface area contributed by atoms with Crippen molar-refractivity contribution in [2.45, 2.75) is 39.2 Å². The van der Waals surface area contributed by atoms with Gasteiger partial charge in [0.1, 0.15) is 11.0 Å². The molecule has 0 amide bonds. The zero-order valence-electron chi connectivity index (χ0n) is 18.3. The smallest absolute Gasteiger partial charge is 0.341 e. The van der Waals surface area contributed by atoms with Gasteiger partial charge < -0.3 is 9.47 Å². The number of hydrogen-bond donors (Lipinski definition) is 0. The van der Waals surface area contributed by atoms with Crippen LogP contribution in [0.15, 0.2) is 48.9 Å². The van der Waals surface area contributed by atoms with Crippen LogP contribution in [0.5, 0.6) is 5.88 Å². The summed E-state index contributed by atoms with van der Waals surface area (Å²) in [4.78, 5) is 20.9. The van der Waals surface area contributed by atoms with Crippen LogP contribution in [0.25, 0.3) is 17.0 Å². The number of unbranched alkanes of at least 4 members (excludes halogenated alkanes) is 2. The molecule has 0 radical (unpaired) electrons. The number of rotatable bonds is 10. The molecule has 3 heterocycles. The number of benzene rings is 1. The number of carbonyl (C=O) groups is 1. The summed E-state index contributed by atoms with van der Waals surface area (Å²) in [5.41, 5.74) is 3.10. The van der Waals surface area contributed by atoms with E-state index in [1.165, 1.54) is 22.6 Å². The third-order valence-electron chi connectivity index (χ3n) is 5.11. The van der Waals surface area contributed by atoms with Crippen LogP contribution >= 0.6 is 0 Å². The molecule has 1 aromatic carbocycles. The van der Waals surface area contributed by atoms with E-state index in [2.05, 4.69) is 44.4 Å². The number of hydrogen-bond acceptors (Lipinski definition) is 7. The first kappa shape index (κ1) is 21.5. The first-order valence-corrected chi connectivity index (χ1v) is 10.7. The maximum Gasteiger partial charge on any atom is 0.341 e. The molecule has 166 valence electrons. The van der Waals surface area contributed by atoms with Gasteiger partial charge in [-0.1, -0.05) is 36.8 Å². The molecule has 3 aromatic heterocycles. The highest BCUT2D eigenvalue weighted by Gasteiger charge is 2.17. The van der Waals surface area contributed by atoms with Gasteiger partial charge in [0.15, 0.2) is 0 Å². The molecule has 0 fully saturated rings. The van der Waals surface area contributed by atoms with Gasteiger partial charge in [0.25, 0.3) is 5.95 Å². The summed E-state index contributed by atoms with van der Waals surface area (Å²) in [7, 11) is 1.57. The summed E-state index contributed by atoms with van der Waals surface area (Å²) in [6, 6.07) is 10.5. The predicted molar refractivity (Wildman–Crippen MR) is 119 cm³/mol. The van der Waals surface area contributed by atoms with Gasteiger partial charge in [-0.05, 0) is 31.7 Å². The van der Waals surface area contributed by atoms with E-state index in [9.17, 15) is 4.79 Å². The molecule has 4 rings (SSSR count). The Hall–Kier alpha value is -3.75. The van der Waals surface area contributed by atoms with Crippen molar-refractivity contribution in [2.75, 3.05) is 13.7 Å². The van der Waals surface area contributed by atoms with Gasteiger partial charge >= 0.3 is 5.97 Å². The van der Waals surface area contributed by atoms with Crippen molar-refractivity contribution in [2.24, 2.45) is 0 Å². The molecule has 0 saturated heterocycles. The van der Waals surface area contributed by atoms with E-state index in [0.29, 0.717) is 29.5 Å². The standard InChI is InChI=1S/C23H26N6O3/c1-3-32-22(30)18-14-24-29(16-18)23-26-19-15-25-28(20(19)21(27-23)31-2)13-9-5-8-12-17-10-6-4-7-11-17/h4,6-7,10-11,14-16H,3,5,8-9,12-13H2,1-2H3. The van der Waals surface area contributed by atoms with E-state index in [4.69, 9.17) is 9.47 Å². The highest BCUT2D eigenvalue weighted by Crippen LogP contribution is 2.24. The zero-order chi connectivity index (χ0) is 22.3. The lowest BCUT2D eigenvalue weighted by atomic mass is 10.1. The molecule has 0 bridgehead atoms. The Morgan fingerprint density at radius 3 is 2.66 bits per heavy atom. The maximum atomic E-state index is 11.9. The van der Waals surface area contributed by atoms with Crippen LogP contribution in [0, 0.1) is 0 Å². The number of nitrogens with zero attached hydrogens (tertiary/aromatic N) is 6. The highest BCUT2D eigenvalue weighted by molar-refractivity contribution is 5.88. The van der Waals surface area contributed by atoms with Crippen molar-refractivity contribution in [3.8, 4) is 11.8 Å². The van der Waals surface area contributed by atoms with Gasteiger partial charge in [-0.15, -0.1) is 0 Å². The Balaban J connectivity index is 1.45. The van der Waals surface area contributed by atoms with Crippen molar-refractivity contribution in [3.63, 3.8) is 0 Å². The minimum Gasteiger partial charge on any atom is -0.479 e. The van der Waals surface area contributed by atoms with Crippen LogP contribution < -0.4 is 4.74 Å². The van der Waals surface area contributed by atoms with Crippen molar-refractivity contribution >= 4 is 17.0 Å². The third-order valence-corrected chi connectivity index (χ3v) is 5.11. The van der Waals surface area contributed by atoms with E-state index in [1.54, 1.807) is 20.2 Å². The average molecular weight is 435 g/mol. The highest BCUT2D eigenvalue weighted by atomic mass is 16.5. The van der Waals surface area contributed by atoms with Gasteiger partial charge in [-0.25, -0.2) is 14.5 Å². The molecule has 9 heteroatoms. The molecule has 0 N–H and O–H groups in total. The molecule has 0 aliphatic carbocycles. The second-order valence-corrected chi connectivity index (χ2v) is 7.32. The topological polar surface area (TPSA) is 97.0 Å². The molecule has 0 saturated carbocycles. The quantitative estimate of drug-likeness (QED) is 0.278. The van der Waals surface area contributed by atoms with Gasteiger partial charge in [-0.2, -0.15) is 15.2 Å². The van der Waals surface area contributed by atoms with Gasteiger partial charge in [0, 0.05) is 12.7 Å². The maximum absolute atomic E-state index is 11.9. The Morgan fingerprint density at radius 1 is 1.03 bits per heavy atom. The number of ether oxygens (including phenoxy) is 2. The van der Waals surface area contributed by atoms with Crippen molar-refractivity contribution in [3.05, 3.63) is 60.0 Å². The average Bonchev–Trinajstić information content (AvgIpc) is 3.47. The number of carbonyl (C=O) groups excluding carboxylic acids is 1. The van der Waals surface area contributed by atoms with Crippen LogP contribution in [0.2, 0.25) is 0 Å². The summed E-state index contributed by atoms with van der Waals surface area (Å²) < 4.78 is 13.8.